The van der Waals surface area contributed by atoms with Crippen LogP contribution in [0.3, 0.4) is 0 Å². The molecule has 3 nitrogen and oxygen atoms in total. The van der Waals surface area contributed by atoms with E-state index in [0.717, 1.165) is 32.4 Å². The molecule has 1 amide bonds. The highest BCUT2D eigenvalue weighted by molar-refractivity contribution is 5.78. The number of amides is 1. The van der Waals surface area contributed by atoms with E-state index in [2.05, 4.69) is 24.5 Å². The van der Waals surface area contributed by atoms with Crippen molar-refractivity contribution in [2.24, 2.45) is 5.92 Å². The standard InChI is InChI=1S/C13H26N2O/c1-3-5-7-11(4-2)13(16)15-10-12-8-6-9-14-12/h11-12,14H,3-10H2,1-2H3,(H,15,16). The average molecular weight is 226 g/mol. The molecule has 0 aromatic carbocycles. The fourth-order valence-corrected chi connectivity index (χ4v) is 2.27. The molecule has 1 heterocycles. The van der Waals surface area contributed by atoms with Crippen molar-refractivity contribution in [3.8, 4) is 0 Å². The van der Waals surface area contributed by atoms with Crippen LogP contribution in [0.15, 0.2) is 0 Å². The minimum absolute atomic E-state index is 0.223. The monoisotopic (exact) mass is 226 g/mol. The summed E-state index contributed by atoms with van der Waals surface area (Å²) in [5.74, 6) is 0.478. The molecular weight excluding hydrogens is 200 g/mol. The normalized spacial score (nSPS) is 22.0. The number of hydrogen-bond acceptors (Lipinski definition) is 2. The second-order valence-corrected chi connectivity index (χ2v) is 4.79. The molecule has 16 heavy (non-hydrogen) atoms. The van der Waals surface area contributed by atoms with Gasteiger partial charge in [0.25, 0.3) is 0 Å². The van der Waals surface area contributed by atoms with E-state index in [1.165, 1.54) is 19.3 Å². The summed E-state index contributed by atoms with van der Waals surface area (Å²) in [4.78, 5) is 11.9. The van der Waals surface area contributed by atoms with Gasteiger partial charge in [0.2, 0.25) is 5.91 Å². The maximum atomic E-state index is 11.9. The Morgan fingerprint density at radius 3 is 2.88 bits per heavy atom. The predicted molar refractivity (Wildman–Crippen MR) is 67.3 cm³/mol. The van der Waals surface area contributed by atoms with E-state index in [4.69, 9.17) is 0 Å². The van der Waals surface area contributed by atoms with Crippen LogP contribution in [-0.2, 0) is 4.79 Å². The second-order valence-electron chi connectivity index (χ2n) is 4.79. The topological polar surface area (TPSA) is 41.1 Å². The van der Waals surface area contributed by atoms with E-state index in [0.29, 0.717) is 6.04 Å². The van der Waals surface area contributed by atoms with Gasteiger partial charge < -0.3 is 10.6 Å². The van der Waals surface area contributed by atoms with Crippen molar-refractivity contribution in [3.05, 3.63) is 0 Å². The van der Waals surface area contributed by atoms with Crippen molar-refractivity contribution >= 4 is 5.91 Å². The van der Waals surface area contributed by atoms with Crippen molar-refractivity contribution in [2.45, 2.75) is 58.4 Å². The van der Waals surface area contributed by atoms with Gasteiger partial charge in [-0.3, -0.25) is 4.79 Å². The number of nitrogens with one attached hydrogen (secondary N) is 2. The van der Waals surface area contributed by atoms with E-state index >= 15 is 0 Å². The first-order chi connectivity index (χ1) is 7.77. The number of hydrogen-bond donors (Lipinski definition) is 2. The Labute approximate surface area is 99.4 Å². The van der Waals surface area contributed by atoms with Crippen molar-refractivity contribution in [1.29, 1.82) is 0 Å². The zero-order valence-corrected chi connectivity index (χ0v) is 10.7. The van der Waals surface area contributed by atoms with Crippen LogP contribution in [-0.4, -0.2) is 25.0 Å². The van der Waals surface area contributed by atoms with Gasteiger partial charge in [0.15, 0.2) is 0 Å². The Bertz CT molecular complexity index is 200. The van der Waals surface area contributed by atoms with E-state index in [1.807, 2.05) is 0 Å². The third kappa shape index (κ3) is 4.52. The first kappa shape index (κ1) is 13.5. The molecule has 0 aromatic heterocycles. The molecule has 0 bridgehead atoms. The van der Waals surface area contributed by atoms with Crippen LogP contribution in [0.1, 0.15) is 52.4 Å². The van der Waals surface area contributed by atoms with Gasteiger partial charge in [0.1, 0.15) is 0 Å². The molecule has 2 N–H and O–H groups in total. The molecule has 94 valence electrons. The fourth-order valence-electron chi connectivity index (χ4n) is 2.27. The highest BCUT2D eigenvalue weighted by Crippen LogP contribution is 2.12. The quantitative estimate of drug-likeness (QED) is 0.698. The van der Waals surface area contributed by atoms with Crippen LogP contribution in [0.25, 0.3) is 0 Å². The molecule has 1 saturated heterocycles. The zero-order chi connectivity index (χ0) is 11.8. The van der Waals surface area contributed by atoms with Crippen molar-refractivity contribution in [3.63, 3.8) is 0 Å². The lowest BCUT2D eigenvalue weighted by Crippen LogP contribution is -2.39. The van der Waals surface area contributed by atoms with Crippen LogP contribution in [0.4, 0.5) is 0 Å². The van der Waals surface area contributed by atoms with Crippen LogP contribution in [0.5, 0.6) is 0 Å². The van der Waals surface area contributed by atoms with Gasteiger partial charge in [-0.05, 0) is 32.2 Å². The third-order valence-electron chi connectivity index (χ3n) is 3.45. The van der Waals surface area contributed by atoms with Gasteiger partial charge in [-0.1, -0.05) is 26.7 Å². The SMILES string of the molecule is CCCCC(CC)C(=O)NCC1CCCN1. The molecule has 0 spiro atoms. The maximum absolute atomic E-state index is 11.9. The van der Waals surface area contributed by atoms with E-state index in [1.54, 1.807) is 0 Å². The van der Waals surface area contributed by atoms with Crippen molar-refractivity contribution in [2.75, 3.05) is 13.1 Å². The summed E-state index contributed by atoms with van der Waals surface area (Å²) in [6, 6.07) is 0.507. The summed E-state index contributed by atoms with van der Waals surface area (Å²) >= 11 is 0. The first-order valence-electron chi connectivity index (χ1n) is 6.79. The number of carbonyl (C=O) groups excluding carboxylic acids is 1. The molecular formula is C13H26N2O. The van der Waals surface area contributed by atoms with Gasteiger partial charge in [-0.25, -0.2) is 0 Å². The lowest BCUT2D eigenvalue weighted by Gasteiger charge is -2.17. The molecule has 1 aliphatic heterocycles. The third-order valence-corrected chi connectivity index (χ3v) is 3.45. The lowest BCUT2D eigenvalue weighted by molar-refractivity contribution is -0.125. The molecule has 2 atom stereocenters. The molecule has 2 unspecified atom stereocenters. The van der Waals surface area contributed by atoms with Crippen molar-refractivity contribution < 1.29 is 4.79 Å². The molecule has 0 saturated carbocycles. The Balaban J connectivity index is 2.19. The van der Waals surface area contributed by atoms with Gasteiger partial charge >= 0.3 is 0 Å². The van der Waals surface area contributed by atoms with E-state index in [9.17, 15) is 4.79 Å². The van der Waals surface area contributed by atoms with Crippen LogP contribution in [0.2, 0.25) is 0 Å². The van der Waals surface area contributed by atoms with Crippen molar-refractivity contribution in [1.82, 2.24) is 10.6 Å². The van der Waals surface area contributed by atoms with Crippen LogP contribution in [0, 0.1) is 5.92 Å². The summed E-state index contributed by atoms with van der Waals surface area (Å²) < 4.78 is 0. The molecule has 1 fully saturated rings. The second kappa shape index (κ2) is 7.66. The number of rotatable bonds is 7. The summed E-state index contributed by atoms with van der Waals surface area (Å²) in [5, 5.41) is 6.48. The summed E-state index contributed by atoms with van der Waals surface area (Å²) in [6.45, 7) is 6.19. The van der Waals surface area contributed by atoms with Gasteiger partial charge in [-0.15, -0.1) is 0 Å². The molecule has 0 aliphatic carbocycles. The minimum atomic E-state index is 0.223. The lowest BCUT2D eigenvalue weighted by atomic mass is 9.98. The predicted octanol–water partition coefficient (Wildman–Crippen LogP) is 2.07. The number of carbonyl (C=O) groups is 1. The molecule has 1 aliphatic rings. The van der Waals surface area contributed by atoms with E-state index < -0.39 is 0 Å². The van der Waals surface area contributed by atoms with Gasteiger partial charge in [0, 0.05) is 18.5 Å². The smallest absolute Gasteiger partial charge is 0.223 e. The van der Waals surface area contributed by atoms with Crippen LogP contribution >= 0.6 is 0 Å². The zero-order valence-electron chi connectivity index (χ0n) is 10.7. The minimum Gasteiger partial charge on any atom is -0.354 e. The molecule has 0 aromatic rings. The fraction of sp³-hybridized carbons (Fsp3) is 0.923. The van der Waals surface area contributed by atoms with Gasteiger partial charge in [0.05, 0.1) is 0 Å². The Hall–Kier alpha value is -0.570. The van der Waals surface area contributed by atoms with Crippen LogP contribution < -0.4 is 10.6 Å². The maximum Gasteiger partial charge on any atom is 0.223 e. The Morgan fingerprint density at radius 1 is 1.50 bits per heavy atom. The number of unbranched alkanes of at least 4 members (excludes halogenated alkanes) is 1. The summed E-state index contributed by atoms with van der Waals surface area (Å²) in [5.41, 5.74) is 0. The Kier molecular flexibility index (Phi) is 6.46. The van der Waals surface area contributed by atoms with E-state index in [-0.39, 0.29) is 11.8 Å². The molecule has 0 radical (unpaired) electrons. The first-order valence-corrected chi connectivity index (χ1v) is 6.79. The average Bonchev–Trinajstić information content (AvgIpc) is 2.80. The van der Waals surface area contributed by atoms with Gasteiger partial charge in [-0.2, -0.15) is 0 Å². The highest BCUT2D eigenvalue weighted by atomic mass is 16.1. The summed E-state index contributed by atoms with van der Waals surface area (Å²) in [7, 11) is 0. The summed E-state index contributed by atoms with van der Waals surface area (Å²) in [6.07, 6.45) is 6.78. The molecule has 1 rings (SSSR count). The Morgan fingerprint density at radius 2 is 2.31 bits per heavy atom. The largest absolute Gasteiger partial charge is 0.354 e. The highest BCUT2D eigenvalue weighted by Gasteiger charge is 2.18. The molecule has 3 heteroatoms.